The molecule has 0 atom stereocenters. The van der Waals surface area contributed by atoms with E-state index >= 15 is 0 Å². The van der Waals surface area contributed by atoms with Crippen LogP contribution in [-0.4, -0.2) is 52.6 Å². The fourth-order valence-corrected chi connectivity index (χ4v) is 3.92. The van der Waals surface area contributed by atoms with E-state index in [1.54, 1.807) is 0 Å². The summed E-state index contributed by atoms with van der Waals surface area (Å²) in [7, 11) is 0. The molecule has 2 heterocycles. The second kappa shape index (κ2) is 9.90. The molecule has 9 heteroatoms. The Bertz CT molecular complexity index is 1030. The lowest BCUT2D eigenvalue weighted by Crippen LogP contribution is -2.46. The van der Waals surface area contributed by atoms with Crippen molar-refractivity contribution >= 4 is 52.4 Å². The molecule has 168 valence electrons. The van der Waals surface area contributed by atoms with Crippen molar-refractivity contribution in [3.63, 3.8) is 0 Å². The molecule has 3 aromatic rings. The predicted octanol–water partition coefficient (Wildman–Crippen LogP) is 5.42. The molecule has 0 bridgehead atoms. The van der Waals surface area contributed by atoms with Crippen molar-refractivity contribution in [1.29, 1.82) is 0 Å². The van der Waals surface area contributed by atoms with Gasteiger partial charge in [-0.25, -0.2) is 0 Å². The minimum atomic E-state index is 0.459. The van der Waals surface area contributed by atoms with Crippen molar-refractivity contribution in [2.75, 3.05) is 48.3 Å². The number of piperazine rings is 1. The molecule has 1 fully saturated rings. The molecule has 2 N–H and O–H groups in total. The van der Waals surface area contributed by atoms with Gasteiger partial charge in [0.05, 0.1) is 0 Å². The zero-order valence-corrected chi connectivity index (χ0v) is 20.0. The van der Waals surface area contributed by atoms with Gasteiger partial charge in [-0.05, 0) is 55.8 Å². The van der Waals surface area contributed by atoms with Gasteiger partial charge < -0.3 is 20.4 Å². The maximum atomic E-state index is 6.20. The van der Waals surface area contributed by atoms with Gasteiger partial charge in [0, 0.05) is 47.6 Å². The largest absolute Gasteiger partial charge is 0.338 e. The Morgan fingerprint density at radius 2 is 1.28 bits per heavy atom. The molecule has 0 saturated carbocycles. The third-order valence-corrected chi connectivity index (χ3v) is 6.09. The number of anilines is 5. The first-order valence-corrected chi connectivity index (χ1v) is 11.5. The van der Waals surface area contributed by atoms with Crippen LogP contribution in [0.15, 0.2) is 36.4 Å². The van der Waals surface area contributed by atoms with Crippen LogP contribution in [-0.2, 0) is 0 Å². The quantitative estimate of drug-likeness (QED) is 0.496. The van der Waals surface area contributed by atoms with E-state index in [0.29, 0.717) is 27.9 Å². The minimum Gasteiger partial charge on any atom is -0.338 e. The topological polar surface area (TPSA) is 69.2 Å². The number of halogens is 2. The van der Waals surface area contributed by atoms with Gasteiger partial charge in [0.2, 0.25) is 17.8 Å². The van der Waals surface area contributed by atoms with Gasteiger partial charge in [-0.1, -0.05) is 42.3 Å². The second-order valence-electron chi connectivity index (χ2n) is 7.87. The van der Waals surface area contributed by atoms with Crippen molar-refractivity contribution in [1.82, 2.24) is 19.9 Å². The Morgan fingerprint density at radius 3 is 1.75 bits per heavy atom. The standard InChI is InChI=1S/C23H27Cl2N7/c1-4-31-9-11-32(12-10-31)23-29-21(26-19-13-17(24)7-5-15(19)2)28-22(30-23)27-20-14-18(25)8-6-16(20)3/h5-8,13-14H,4,9-12H2,1-3H3,(H2,26,27,28,29,30). The fraction of sp³-hybridized carbons (Fsp3) is 0.348. The summed E-state index contributed by atoms with van der Waals surface area (Å²) in [5.74, 6) is 1.56. The molecule has 0 amide bonds. The maximum Gasteiger partial charge on any atom is 0.233 e. The lowest BCUT2D eigenvalue weighted by Gasteiger charge is -2.34. The Labute approximate surface area is 198 Å². The van der Waals surface area contributed by atoms with Gasteiger partial charge >= 0.3 is 0 Å². The van der Waals surface area contributed by atoms with E-state index in [4.69, 9.17) is 33.2 Å². The predicted molar refractivity (Wildman–Crippen MR) is 133 cm³/mol. The van der Waals surface area contributed by atoms with Gasteiger partial charge in [0.1, 0.15) is 0 Å². The van der Waals surface area contributed by atoms with Crippen LogP contribution in [0.5, 0.6) is 0 Å². The normalized spacial score (nSPS) is 14.5. The molecular formula is C23H27Cl2N7. The molecule has 2 aromatic carbocycles. The van der Waals surface area contributed by atoms with Crippen LogP contribution < -0.4 is 15.5 Å². The highest BCUT2D eigenvalue weighted by Gasteiger charge is 2.20. The molecule has 0 unspecified atom stereocenters. The highest BCUT2D eigenvalue weighted by Crippen LogP contribution is 2.27. The third-order valence-electron chi connectivity index (χ3n) is 5.62. The summed E-state index contributed by atoms with van der Waals surface area (Å²) in [4.78, 5) is 18.7. The van der Waals surface area contributed by atoms with E-state index in [2.05, 4.69) is 32.3 Å². The Morgan fingerprint density at radius 1 is 0.781 bits per heavy atom. The lowest BCUT2D eigenvalue weighted by atomic mass is 10.2. The molecule has 0 radical (unpaired) electrons. The second-order valence-corrected chi connectivity index (χ2v) is 8.75. The fourth-order valence-electron chi connectivity index (χ4n) is 3.58. The molecule has 1 aliphatic rings. The smallest absolute Gasteiger partial charge is 0.233 e. The number of rotatable bonds is 6. The van der Waals surface area contributed by atoms with Gasteiger partial charge in [0.15, 0.2) is 0 Å². The van der Waals surface area contributed by atoms with Crippen LogP contribution in [0.4, 0.5) is 29.2 Å². The number of hydrogen-bond donors (Lipinski definition) is 2. The van der Waals surface area contributed by atoms with Crippen LogP contribution in [0, 0.1) is 13.8 Å². The third kappa shape index (κ3) is 5.41. The van der Waals surface area contributed by atoms with Crippen molar-refractivity contribution in [3.05, 3.63) is 57.6 Å². The van der Waals surface area contributed by atoms with Crippen LogP contribution in [0.3, 0.4) is 0 Å². The van der Waals surface area contributed by atoms with Gasteiger partial charge in [-0.2, -0.15) is 15.0 Å². The summed E-state index contributed by atoms with van der Waals surface area (Å²) >= 11 is 12.4. The Kier molecular flexibility index (Phi) is 6.98. The molecule has 0 spiro atoms. The first-order chi connectivity index (χ1) is 15.4. The highest BCUT2D eigenvalue weighted by molar-refractivity contribution is 6.31. The summed E-state index contributed by atoms with van der Waals surface area (Å²) in [6, 6.07) is 11.4. The summed E-state index contributed by atoms with van der Waals surface area (Å²) in [5.41, 5.74) is 3.81. The van der Waals surface area contributed by atoms with Crippen LogP contribution in [0.25, 0.3) is 0 Å². The summed E-state index contributed by atoms with van der Waals surface area (Å²) < 4.78 is 0. The lowest BCUT2D eigenvalue weighted by molar-refractivity contribution is 0.270. The number of nitrogens with one attached hydrogen (secondary N) is 2. The number of hydrogen-bond acceptors (Lipinski definition) is 7. The van der Waals surface area contributed by atoms with E-state index < -0.39 is 0 Å². The van der Waals surface area contributed by atoms with Gasteiger partial charge in [0.25, 0.3) is 0 Å². The zero-order valence-electron chi connectivity index (χ0n) is 18.5. The number of aromatic nitrogens is 3. The minimum absolute atomic E-state index is 0.459. The zero-order chi connectivity index (χ0) is 22.7. The summed E-state index contributed by atoms with van der Waals surface area (Å²) in [6.07, 6.45) is 0. The SMILES string of the molecule is CCN1CCN(c2nc(Nc3cc(Cl)ccc3C)nc(Nc3cc(Cl)ccc3C)n2)CC1. The summed E-state index contributed by atoms with van der Waals surface area (Å²) in [5, 5.41) is 7.93. The molecule has 4 rings (SSSR count). The first-order valence-electron chi connectivity index (χ1n) is 10.7. The van der Waals surface area contributed by atoms with Crippen molar-refractivity contribution in [2.24, 2.45) is 0 Å². The molecule has 32 heavy (non-hydrogen) atoms. The number of nitrogens with zero attached hydrogens (tertiary/aromatic N) is 5. The number of likely N-dealkylation sites (N-methyl/N-ethyl adjacent to an activating group) is 1. The van der Waals surface area contributed by atoms with E-state index in [9.17, 15) is 0 Å². The average Bonchev–Trinajstić information content (AvgIpc) is 2.79. The maximum absolute atomic E-state index is 6.20. The average molecular weight is 472 g/mol. The van der Waals surface area contributed by atoms with E-state index in [-0.39, 0.29) is 0 Å². The molecule has 1 aromatic heterocycles. The first kappa shape index (κ1) is 22.6. The van der Waals surface area contributed by atoms with Crippen LogP contribution in [0.1, 0.15) is 18.1 Å². The molecule has 7 nitrogen and oxygen atoms in total. The monoisotopic (exact) mass is 471 g/mol. The van der Waals surface area contributed by atoms with Crippen LogP contribution >= 0.6 is 23.2 Å². The molecule has 0 aliphatic carbocycles. The summed E-state index contributed by atoms with van der Waals surface area (Å²) in [6.45, 7) is 10.9. The molecule has 1 saturated heterocycles. The van der Waals surface area contributed by atoms with Crippen molar-refractivity contribution in [2.45, 2.75) is 20.8 Å². The van der Waals surface area contributed by atoms with Crippen molar-refractivity contribution < 1.29 is 0 Å². The van der Waals surface area contributed by atoms with Crippen molar-refractivity contribution in [3.8, 4) is 0 Å². The van der Waals surface area contributed by atoms with Gasteiger partial charge in [-0.3, -0.25) is 0 Å². The van der Waals surface area contributed by atoms with E-state index in [0.717, 1.165) is 55.2 Å². The van der Waals surface area contributed by atoms with Gasteiger partial charge in [-0.15, -0.1) is 0 Å². The molecular weight excluding hydrogens is 445 g/mol. The Hall–Kier alpha value is -2.61. The molecule has 1 aliphatic heterocycles. The van der Waals surface area contributed by atoms with E-state index in [1.807, 2.05) is 50.2 Å². The number of benzene rings is 2. The van der Waals surface area contributed by atoms with Crippen LogP contribution in [0.2, 0.25) is 10.0 Å². The highest BCUT2D eigenvalue weighted by atomic mass is 35.5. The van der Waals surface area contributed by atoms with E-state index in [1.165, 1.54) is 0 Å². The Balaban J connectivity index is 1.67. The number of aryl methyl sites for hydroxylation is 2.